The third-order valence-corrected chi connectivity index (χ3v) is 19.9. The van der Waals surface area contributed by atoms with Gasteiger partial charge >= 0.3 is 49.7 Å². The molecular formula is C58H50Cl2N2O6P4Ru+2. The molecule has 10 rings (SSSR count). The summed E-state index contributed by atoms with van der Waals surface area (Å²) in [4.78, 5) is 43.9. The van der Waals surface area contributed by atoms with Gasteiger partial charge in [-0.3, -0.25) is 9.13 Å². The molecule has 0 amide bonds. The van der Waals surface area contributed by atoms with Gasteiger partial charge in [0.15, 0.2) is 0 Å². The third-order valence-electron chi connectivity index (χ3n) is 12.4. The van der Waals surface area contributed by atoms with Gasteiger partial charge in [-0.15, -0.1) is 12.1 Å². The quantitative estimate of drug-likeness (QED) is 0.0703. The zero-order valence-electron chi connectivity index (χ0n) is 38.9. The Balaban J connectivity index is 0.000000314. The van der Waals surface area contributed by atoms with E-state index in [1.807, 2.05) is 158 Å². The van der Waals surface area contributed by atoms with Crippen LogP contribution in [0.2, 0.25) is 0 Å². The third kappa shape index (κ3) is 12.8. The molecule has 10 aromatic carbocycles. The average Bonchev–Trinajstić information content (AvgIpc) is 3.42. The predicted octanol–water partition coefficient (Wildman–Crippen LogP) is 12.2. The van der Waals surface area contributed by atoms with Crippen LogP contribution >= 0.6 is 50.4 Å². The van der Waals surface area contributed by atoms with Crippen molar-refractivity contribution in [2.45, 2.75) is 12.1 Å². The maximum absolute atomic E-state index is 13.5. The van der Waals surface area contributed by atoms with E-state index >= 15 is 0 Å². The largest absolute Gasteiger partial charge is 0.672 e. The molecule has 0 saturated heterocycles. The molecule has 8 nitrogen and oxygen atoms in total. The molecule has 0 aliphatic rings. The van der Waals surface area contributed by atoms with Crippen LogP contribution in [0.3, 0.4) is 0 Å². The van der Waals surface area contributed by atoms with Crippen LogP contribution in [0.5, 0.6) is 0 Å². The van der Waals surface area contributed by atoms with Gasteiger partial charge in [-0.2, -0.15) is 0 Å². The molecule has 2 unspecified atom stereocenters. The summed E-state index contributed by atoms with van der Waals surface area (Å²) in [6.07, 6.45) is 0. The average molecular weight is 1170 g/mol. The zero-order chi connectivity index (χ0) is 51.5. The van der Waals surface area contributed by atoms with E-state index in [9.17, 15) is 28.7 Å². The monoisotopic (exact) mass is 1170 g/mol. The van der Waals surface area contributed by atoms with E-state index in [1.54, 1.807) is 36.4 Å². The van der Waals surface area contributed by atoms with Crippen LogP contribution in [-0.2, 0) is 24.3 Å². The fourth-order valence-corrected chi connectivity index (χ4v) is 16.7. The molecule has 368 valence electrons. The number of nitrogens with one attached hydrogen (secondary N) is 2. The van der Waals surface area contributed by atoms with Gasteiger partial charge in [0.25, 0.3) is 0 Å². The molecule has 15 heteroatoms. The number of hydrogen-bond donors (Lipinski definition) is 4. The number of benzene rings is 10. The van der Waals surface area contributed by atoms with Crippen molar-refractivity contribution in [2.24, 2.45) is 0 Å². The Bertz CT molecular complexity index is 3200. The van der Waals surface area contributed by atoms with Crippen LogP contribution < -0.4 is 42.4 Å². The first-order valence-electron chi connectivity index (χ1n) is 22.9. The van der Waals surface area contributed by atoms with E-state index < -0.39 is 43.1 Å². The number of rotatable bonds is 12. The van der Waals surface area contributed by atoms with Gasteiger partial charge in [0, 0.05) is 11.1 Å². The fourth-order valence-electron chi connectivity index (χ4n) is 9.21. The second-order valence-corrected chi connectivity index (χ2v) is 27.5. The summed E-state index contributed by atoms with van der Waals surface area (Å²) in [6, 6.07) is 76.3. The minimum Gasteiger partial charge on any atom is -0.672 e. The second kappa shape index (κ2) is 25.0. The Morgan fingerprint density at radius 1 is 0.370 bits per heavy atom. The van der Waals surface area contributed by atoms with Crippen LogP contribution in [0.1, 0.15) is 23.2 Å². The van der Waals surface area contributed by atoms with Gasteiger partial charge in [0.1, 0.15) is 31.8 Å². The van der Waals surface area contributed by atoms with Crippen molar-refractivity contribution in [1.82, 2.24) is 0 Å². The molecule has 0 bridgehead atoms. The van der Waals surface area contributed by atoms with Crippen LogP contribution in [0, 0.1) is 0 Å². The van der Waals surface area contributed by atoms with Gasteiger partial charge < -0.3 is 31.0 Å². The van der Waals surface area contributed by atoms with E-state index in [0.717, 1.165) is 54.1 Å². The summed E-state index contributed by atoms with van der Waals surface area (Å²) < 4.78 is 27.0. The van der Waals surface area contributed by atoms with Crippen LogP contribution in [0.4, 0.5) is 0 Å². The van der Waals surface area contributed by atoms with E-state index in [4.69, 9.17) is 30.8 Å². The molecular weight excluding hydrogens is 1120 g/mol. The topological polar surface area (TPSA) is 163 Å². The van der Waals surface area contributed by atoms with Gasteiger partial charge in [0.2, 0.25) is 0 Å². The molecule has 0 radical (unpaired) electrons. The molecule has 6 N–H and O–H groups in total. The normalized spacial score (nSPS) is 12.4. The first-order valence-corrected chi connectivity index (χ1v) is 33.6. The van der Waals surface area contributed by atoms with Crippen molar-refractivity contribution in [1.29, 1.82) is 0 Å². The van der Waals surface area contributed by atoms with Crippen molar-refractivity contribution in [3.05, 3.63) is 265 Å². The maximum Gasteiger partial charge on any atom is -0.0606 e. The molecule has 0 aromatic heterocycles. The number of halogens is 2. The molecule has 0 aliphatic heterocycles. The van der Waals surface area contributed by atoms with Crippen molar-refractivity contribution in [3.8, 4) is 11.1 Å². The van der Waals surface area contributed by atoms with E-state index in [2.05, 4.69) is 48.5 Å². The molecule has 10 aromatic rings. The Morgan fingerprint density at radius 3 is 0.836 bits per heavy atom. The second-order valence-electron chi connectivity index (χ2n) is 16.9. The molecule has 2 atom stereocenters. The summed E-state index contributed by atoms with van der Waals surface area (Å²) in [5, 5.41) is 7.69. The molecule has 0 spiro atoms. The summed E-state index contributed by atoms with van der Waals surface area (Å²) in [6.45, 7) is 0. The van der Waals surface area contributed by atoms with Crippen molar-refractivity contribution < 1.29 is 43.8 Å². The first-order chi connectivity index (χ1) is 35.3. The first kappa shape index (κ1) is 54.3. The minimum absolute atomic E-state index is 0.0550. The van der Waals surface area contributed by atoms with Crippen LogP contribution in [0.15, 0.2) is 243 Å². The Labute approximate surface area is 443 Å². The molecule has 0 heterocycles. The van der Waals surface area contributed by atoms with E-state index in [-0.39, 0.29) is 25.8 Å². The molecule has 0 saturated carbocycles. The van der Waals surface area contributed by atoms with Gasteiger partial charge in [-0.25, -0.2) is 0 Å². The standard InChI is InChI=1S/C44H34O6P4.C14H14N2.2ClH.Ru/c45-53(46,47)41-29-39(51(31-17-5-1-6-18-31)32-19-7-2-8-20-32)43(37-27-15-13-25-35(37)41)44-38-28-16-14-26-36(38)42(54(48,49)50)30-40(44)52(33-21-9-3-10-22-33)34-23-11-4-12-24-34;15-13(11-7-3-1-4-8-11)14(16)12-9-5-2-6-10-12;;;/h1-30H,(H2,45,46,47)(H2,48,49,50);1-10,13-16H;2*1H;/q;-2;;;+4. The van der Waals surface area contributed by atoms with E-state index in [0.29, 0.717) is 21.5 Å². The zero-order valence-corrected chi connectivity index (χ0v) is 45.9. The van der Waals surface area contributed by atoms with Gasteiger partial charge in [-0.05, 0) is 82.2 Å². The van der Waals surface area contributed by atoms with Crippen molar-refractivity contribution >= 4 is 114 Å². The SMILES string of the molecule is O=P(O)(O)c1cc([PH+](c2ccccc2)c2ccccc2)c(-c2c([PH+](c3ccccc3)c3ccccc3)cc(P(=O)(O)O)c3ccccc23)c2ccccc12.[Cl][Ru+2][Cl].[NH-]C(c1ccccc1)C([NH-])c1ccccc1. The molecule has 0 fully saturated rings. The van der Waals surface area contributed by atoms with Crippen molar-refractivity contribution in [3.63, 3.8) is 0 Å². The summed E-state index contributed by atoms with van der Waals surface area (Å²) in [5.41, 5.74) is 19.5. The Hall–Kier alpha value is -5.00. The van der Waals surface area contributed by atoms with Crippen LogP contribution in [-0.4, -0.2) is 19.6 Å². The smallest absolute Gasteiger partial charge is 0.0606 e. The fraction of sp³-hybridized carbons (Fsp3) is 0.0345. The summed E-state index contributed by atoms with van der Waals surface area (Å²) in [5.74, 6) is 0. The minimum atomic E-state index is -4.81. The van der Waals surface area contributed by atoms with Crippen molar-refractivity contribution in [2.75, 3.05) is 0 Å². The number of fused-ring (bicyclic) bond motifs is 2. The Morgan fingerprint density at radius 2 is 0.589 bits per heavy atom. The Kier molecular flexibility index (Phi) is 18.6. The van der Waals surface area contributed by atoms with E-state index in [1.165, 1.54) is 0 Å². The predicted molar refractivity (Wildman–Crippen MR) is 309 cm³/mol. The van der Waals surface area contributed by atoms with Gasteiger partial charge in [-0.1, -0.05) is 193 Å². The summed E-state index contributed by atoms with van der Waals surface area (Å²) in [7, 11) is -3.89. The molecule has 0 aliphatic carbocycles. The maximum atomic E-state index is 13.5. The summed E-state index contributed by atoms with van der Waals surface area (Å²) >= 11 is -0.346. The van der Waals surface area contributed by atoms with Crippen LogP contribution in [0.25, 0.3) is 44.1 Å². The number of hydrogen-bond acceptors (Lipinski definition) is 2. The van der Waals surface area contributed by atoms with Gasteiger partial charge in [0.05, 0.1) is 26.5 Å². The molecule has 73 heavy (non-hydrogen) atoms.